The second-order valence-electron chi connectivity index (χ2n) is 3.03. The summed E-state index contributed by atoms with van der Waals surface area (Å²) in [6, 6.07) is 0. The van der Waals surface area contributed by atoms with Gasteiger partial charge in [-0.05, 0) is 0 Å². The molecule has 0 heterocycles. The minimum atomic E-state index is -4.47. The Labute approximate surface area is 94.3 Å². The Morgan fingerprint density at radius 1 is 1.31 bits per heavy atom. The van der Waals surface area contributed by atoms with E-state index in [1.807, 2.05) is 0 Å². The number of alkyl halides is 6. The maximum atomic E-state index is 12.0. The van der Waals surface area contributed by atoms with Gasteiger partial charge in [0.05, 0.1) is 13.0 Å². The molecule has 0 aromatic carbocycles. The van der Waals surface area contributed by atoms with E-state index in [4.69, 9.17) is 11.6 Å². The normalized spacial score (nSPS) is 11.9. The van der Waals surface area contributed by atoms with Crippen molar-refractivity contribution in [2.45, 2.75) is 25.4 Å². The zero-order valence-electron chi connectivity index (χ0n) is 8.24. The molecule has 1 amide bonds. The Kier molecular flexibility index (Phi) is 6.62. The van der Waals surface area contributed by atoms with E-state index >= 15 is 0 Å². The lowest BCUT2D eigenvalue weighted by molar-refractivity contribution is -0.149. The third-order valence-electron chi connectivity index (χ3n) is 1.69. The summed E-state index contributed by atoms with van der Waals surface area (Å²) in [5, 5.41) is 0. The highest BCUT2D eigenvalue weighted by Crippen LogP contribution is 2.21. The molecule has 0 bridgehead atoms. The van der Waals surface area contributed by atoms with Gasteiger partial charge < -0.3 is 4.90 Å². The molecule has 0 radical (unpaired) electrons. The van der Waals surface area contributed by atoms with E-state index in [9.17, 15) is 26.7 Å². The highest BCUT2D eigenvalue weighted by atomic mass is 35.5. The van der Waals surface area contributed by atoms with Gasteiger partial charge >= 0.3 is 6.18 Å². The van der Waals surface area contributed by atoms with Crippen molar-refractivity contribution < 1.29 is 26.7 Å². The van der Waals surface area contributed by atoms with Gasteiger partial charge in [-0.15, -0.1) is 11.6 Å². The number of amides is 1. The van der Waals surface area contributed by atoms with Gasteiger partial charge in [-0.1, -0.05) is 0 Å². The van der Waals surface area contributed by atoms with Gasteiger partial charge in [0, 0.05) is 18.8 Å². The first-order valence-corrected chi connectivity index (χ1v) is 4.98. The minimum absolute atomic E-state index is 0.0928. The van der Waals surface area contributed by atoms with Crippen LogP contribution in [0.1, 0.15) is 12.8 Å². The topological polar surface area (TPSA) is 20.3 Å². The summed E-state index contributed by atoms with van der Waals surface area (Å²) in [5.74, 6) is -1.05. The van der Waals surface area contributed by atoms with E-state index in [1.165, 1.54) is 0 Å². The highest BCUT2D eigenvalue weighted by molar-refractivity contribution is 6.18. The van der Waals surface area contributed by atoms with Crippen molar-refractivity contribution in [1.82, 2.24) is 4.90 Å². The molecule has 0 unspecified atom stereocenters. The van der Waals surface area contributed by atoms with Gasteiger partial charge in [0.15, 0.2) is 0 Å². The van der Waals surface area contributed by atoms with Gasteiger partial charge in [0.25, 0.3) is 6.43 Å². The standard InChI is InChI=1S/C8H11ClF5NO/c9-3-4-15(5-6(10)11)7(16)1-2-8(12,13)14/h6H,1-5H2. The van der Waals surface area contributed by atoms with Crippen LogP contribution < -0.4 is 0 Å². The van der Waals surface area contributed by atoms with E-state index in [-0.39, 0.29) is 12.4 Å². The molecule has 2 nitrogen and oxygen atoms in total. The van der Waals surface area contributed by atoms with Crippen LogP contribution in [0.3, 0.4) is 0 Å². The summed E-state index contributed by atoms with van der Waals surface area (Å²) >= 11 is 5.25. The predicted octanol–water partition coefficient (Wildman–Crippen LogP) is 2.66. The summed E-state index contributed by atoms with van der Waals surface area (Å²) in [6.07, 6.45) is -9.38. The number of nitrogens with zero attached hydrogens (tertiary/aromatic N) is 1. The third kappa shape index (κ3) is 7.67. The molecule has 96 valence electrons. The first-order valence-electron chi connectivity index (χ1n) is 4.45. The molecule has 8 heteroatoms. The lowest BCUT2D eigenvalue weighted by Gasteiger charge is -2.21. The summed E-state index contributed by atoms with van der Waals surface area (Å²) in [5.41, 5.74) is 0. The van der Waals surface area contributed by atoms with Crippen molar-refractivity contribution in [3.05, 3.63) is 0 Å². The van der Waals surface area contributed by atoms with Gasteiger partial charge in [-0.25, -0.2) is 8.78 Å². The van der Waals surface area contributed by atoms with Crippen LogP contribution in [0.15, 0.2) is 0 Å². The molecule has 0 saturated heterocycles. The molecule has 16 heavy (non-hydrogen) atoms. The Morgan fingerprint density at radius 2 is 1.88 bits per heavy atom. The molecule has 0 aliphatic rings. The molecule has 0 N–H and O–H groups in total. The van der Waals surface area contributed by atoms with Crippen molar-refractivity contribution in [3.8, 4) is 0 Å². The van der Waals surface area contributed by atoms with Gasteiger partial charge in [-0.3, -0.25) is 4.79 Å². The molecule has 0 aromatic rings. The fourth-order valence-electron chi connectivity index (χ4n) is 0.993. The summed E-state index contributed by atoms with van der Waals surface area (Å²) < 4.78 is 59.3. The minimum Gasteiger partial charge on any atom is -0.336 e. The van der Waals surface area contributed by atoms with Gasteiger partial charge in [0.1, 0.15) is 0 Å². The van der Waals surface area contributed by atoms with Gasteiger partial charge in [-0.2, -0.15) is 13.2 Å². The molecule has 0 aliphatic heterocycles. The Hall–Kier alpha value is -0.590. The second-order valence-corrected chi connectivity index (χ2v) is 3.41. The van der Waals surface area contributed by atoms with Crippen LogP contribution in [0.2, 0.25) is 0 Å². The summed E-state index contributed by atoms with van der Waals surface area (Å²) in [6.45, 7) is -1.06. The SMILES string of the molecule is O=C(CCC(F)(F)F)N(CCCl)CC(F)F. The van der Waals surface area contributed by atoms with Crippen LogP contribution in [-0.2, 0) is 4.79 Å². The van der Waals surface area contributed by atoms with Crippen molar-refractivity contribution in [2.75, 3.05) is 19.0 Å². The maximum Gasteiger partial charge on any atom is 0.389 e. The molecule has 0 atom stereocenters. The van der Waals surface area contributed by atoms with E-state index < -0.39 is 37.9 Å². The average molecular weight is 268 g/mol. The Morgan fingerprint density at radius 3 is 2.25 bits per heavy atom. The Bertz CT molecular complexity index is 221. The zero-order valence-corrected chi connectivity index (χ0v) is 8.99. The third-order valence-corrected chi connectivity index (χ3v) is 1.86. The molecule has 0 fully saturated rings. The smallest absolute Gasteiger partial charge is 0.336 e. The molecule has 0 saturated carbocycles. The van der Waals surface area contributed by atoms with Crippen molar-refractivity contribution >= 4 is 17.5 Å². The molecule has 0 aromatic heterocycles. The van der Waals surface area contributed by atoms with E-state index in [0.717, 1.165) is 0 Å². The largest absolute Gasteiger partial charge is 0.389 e. The molecule has 0 spiro atoms. The lowest BCUT2D eigenvalue weighted by Crippen LogP contribution is -2.37. The number of carbonyl (C=O) groups is 1. The highest BCUT2D eigenvalue weighted by Gasteiger charge is 2.29. The average Bonchev–Trinajstić information content (AvgIpc) is 2.11. The van der Waals surface area contributed by atoms with Crippen molar-refractivity contribution in [2.24, 2.45) is 0 Å². The quantitative estimate of drug-likeness (QED) is 0.535. The van der Waals surface area contributed by atoms with Gasteiger partial charge in [0.2, 0.25) is 5.91 Å². The number of hydrogen-bond acceptors (Lipinski definition) is 1. The molecular formula is C8H11ClF5NO. The van der Waals surface area contributed by atoms with E-state index in [2.05, 4.69) is 0 Å². The second kappa shape index (κ2) is 6.88. The summed E-state index contributed by atoms with van der Waals surface area (Å²) in [7, 11) is 0. The number of rotatable bonds is 6. The molecule has 0 aliphatic carbocycles. The van der Waals surface area contributed by atoms with Crippen LogP contribution in [0.5, 0.6) is 0 Å². The predicted molar refractivity (Wildman–Crippen MR) is 48.6 cm³/mol. The van der Waals surface area contributed by atoms with Crippen molar-refractivity contribution in [1.29, 1.82) is 0 Å². The molecule has 0 rings (SSSR count). The van der Waals surface area contributed by atoms with Crippen LogP contribution in [0.25, 0.3) is 0 Å². The number of hydrogen-bond donors (Lipinski definition) is 0. The first kappa shape index (κ1) is 15.4. The lowest BCUT2D eigenvalue weighted by atomic mass is 10.2. The monoisotopic (exact) mass is 267 g/mol. The van der Waals surface area contributed by atoms with Crippen molar-refractivity contribution in [3.63, 3.8) is 0 Å². The zero-order chi connectivity index (χ0) is 12.8. The van der Waals surface area contributed by atoms with Crippen LogP contribution in [0.4, 0.5) is 22.0 Å². The fourth-order valence-corrected chi connectivity index (χ4v) is 1.20. The number of carbonyl (C=O) groups excluding carboxylic acids is 1. The fraction of sp³-hybridized carbons (Fsp3) is 0.875. The summed E-state index contributed by atoms with van der Waals surface area (Å²) in [4.78, 5) is 11.8. The van der Waals surface area contributed by atoms with E-state index in [0.29, 0.717) is 4.90 Å². The Balaban J connectivity index is 4.16. The number of halogens is 6. The maximum absolute atomic E-state index is 12.0. The van der Waals surface area contributed by atoms with Crippen LogP contribution in [-0.4, -0.2) is 42.4 Å². The first-order chi connectivity index (χ1) is 7.26. The van der Waals surface area contributed by atoms with Crippen LogP contribution >= 0.6 is 11.6 Å². The van der Waals surface area contributed by atoms with E-state index in [1.54, 1.807) is 0 Å². The molecular weight excluding hydrogens is 257 g/mol. The van der Waals surface area contributed by atoms with Crippen LogP contribution in [0, 0.1) is 0 Å².